The highest BCUT2D eigenvalue weighted by molar-refractivity contribution is 7.81. The van der Waals surface area contributed by atoms with Crippen LogP contribution < -0.4 is 0 Å². The Balaban J connectivity index is 0.000000252. The van der Waals surface area contributed by atoms with Crippen LogP contribution in [0.3, 0.4) is 0 Å². The largest absolute Gasteiger partial charge is 0.298 e. The Morgan fingerprint density at radius 3 is 1.85 bits per heavy atom. The van der Waals surface area contributed by atoms with E-state index in [1.165, 1.54) is 0 Å². The average molecular weight is 214 g/mol. The number of carbonyl (C=O) groups is 1. The molecule has 0 amide bonds. The van der Waals surface area contributed by atoms with Gasteiger partial charge in [-0.2, -0.15) is 25.3 Å². The van der Waals surface area contributed by atoms with Gasteiger partial charge >= 0.3 is 0 Å². The first kappa shape index (κ1) is 12.6. The van der Waals surface area contributed by atoms with Crippen molar-refractivity contribution >= 4 is 31.5 Å². The summed E-state index contributed by atoms with van der Waals surface area (Å²) in [5.41, 5.74) is 0.729. The number of hydrogen-bond donors (Lipinski definition) is 2. The molecule has 0 aliphatic heterocycles. The fourth-order valence-electron chi connectivity index (χ4n) is 0.602. The molecule has 0 aliphatic rings. The Morgan fingerprint density at radius 2 is 1.62 bits per heavy atom. The Kier molecular flexibility index (Phi) is 9.37. The summed E-state index contributed by atoms with van der Waals surface area (Å²) in [4.78, 5) is 10.0. The van der Waals surface area contributed by atoms with E-state index < -0.39 is 0 Å². The molecular formula is C10H14OS2. The Morgan fingerprint density at radius 1 is 1.08 bits per heavy atom. The second-order valence-electron chi connectivity index (χ2n) is 2.33. The SMILES string of the molecule is O=Cc1ccccc1.SCCCS. The van der Waals surface area contributed by atoms with Crippen LogP contribution in [0.25, 0.3) is 0 Å². The lowest BCUT2D eigenvalue weighted by molar-refractivity contribution is 0.112. The van der Waals surface area contributed by atoms with Crippen molar-refractivity contribution in [2.45, 2.75) is 6.42 Å². The fraction of sp³-hybridized carbons (Fsp3) is 0.300. The summed E-state index contributed by atoms with van der Waals surface area (Å²) in [6, 6.07) is 9.10. The van der Waals surface area contributed by atoms with Gasteiger partial charge in [-0.05, 0) is 17.9 Å². The maximum atomic E-state index is 10.0. The molecule has 0 saturated carbocycles. The zero-order valence-corrected chi connectivity index (χ0v) is 9.18. The summed E-state index contributed by atoms with van der Waals surface area (Å²) in [6.45, 7) is 0. The van der Waals surface area contributed by atoms with E-state index in [1.54, 1.807) is 12.1 Å². The van der Waals surface area contributed by atoms with Gasteiger partial charge in [0.1, 0.15) is 6.29 Å². The number of carbonyl (C=O) groups excluding carboxylic acids is 1. The summed E-state index contributed by atoms with van der Waals surface area (Å²) < 4.78 is 0. The molecule has 0 heterocycles. The predicted molar refractivity (Wildman–Crippen MR) is 64.2 cm³/mol. The molecule has 1 rings (SSSR count). The smallest absolute Gasteiger partial charge is 0.150 e. The third-order valence-electron chi connectivity index (χ3n) is 1.25. The molecule has 0 saturated heterocycles. The molecule has 0 N–H and O–H groups in total. The van der Waals surface area contributed by atoms with Gasteiger partial charge in [0.25, 0.3) is 0 Å². The van der Waals surface area contributed by atoms with Gasteiger partial charge in [-0.15, -0.1) is 0 Å². The molecule has 0 radical (unpaired) electrons. The van der Waals surface area contributed by atoms with Crippen LogP contribution in [0, 0.1) is 0 Å². The zero-order valence-electron chi connectivity index (χ0n) is 7.39. The van der Waals surface area contributed by atoms with Crippen molar-refractivity contribution in [2.24, 2.45) is 0 Å². The summed E-state index contributed by atoms with van der Waals surface area (Å²) in [5.74, 6) is 1.92. The van der Waals surface area contributed by atoms with Crippen molar-refractivity contribution in [2.75, 3.05) is 11.5 Å². The number of benzene rings is 1. The van der Waals surface area contributed by atoms with E-state index in [0.29, 0.717) is 0 Å². The standard InChI is InChI=1S/C7H6O.C3H8S2/c8-6-7-4-2-1-3-5-7;4-2-1-3-5/h1-6H;4-5H,1-3H2. The first-order chi connectivity index (χ1) is 6.35. The second kappa shape index (κ2) is 9.68. The minimum atomic E-state index is 0.729. The number of rotatable bonds is 3. The highest BCUT2D eigenvalue weighted by atomic mass is 32.1. The molecule has 72 valence electrons. The van der Waals surface area contributed by atoms with Gasteiger partial charge < -0.3 is 0 Å². The quantitative estimate of drug-likeness (QED) is 0.584. The lowest BCUT2D eigenvalue weighted by atomic mass is 10.2. The van der Waals surface area contributed by atoms with Crippen molar-refractivity contribution in [1.82, 2.24) is 0 Å². The molecule has 3 heteroatoms. The van der Waals surface area contributed by atoms with Crippen LogP contribution >= 0.6 is 25.3 Å². The molecule has 0 spiro atoms. The molecule has 0 aliphatic carbocycles. The van der Waals surface area contributed by atoms with Crippen LogP contribution in [0.5, 0.6) is 0 Å². The first-order valence-corrected chi connectivity index (χ1v) is 5.33. The fourth-order valence-corrected chi connectivity index (χ4v) is 1.17. The normalized spacial score (nSPS) is 8.46. The van der Waals surface area contributed by atoms with Crippen molar-refractivity contribution in [3.63, 3.8) is 0 Å². The van der Waals surface area contributed by atoms with E-state index >= 15 is 0 Å². The zero-order chi connectivity index (χ0) is 9.94. The third kappa shape index (κ3) is 7.94. The van der Waals surface area contributed by atoms with Crippen molar-refractivity contribution in [3.8, 4) is 0 Å². The monoisotopic (exact) mass is 214 g/mol. The minimum Gasteiger partial charge on any atom is -0.298 e. The van der Waals surface area contributed by atoms with Crippen molar-refractivity contribution < 1.29 is 4.79 Å². The van der Waals surface area contributed by atoms with Gasteiger partial charge in [0.15, 0.2) is 0 Å². The predicted octanol–water partition coefficient (Wildman–Crippen LogP) is 2.74. The van der Waals surface area contributed by atoms with Crippen LogP contribution in [0.4, 0.5) is 0 Å². The molecule has 0 unspecified atom stereocenters. The molecule has 1 aromatic carbocycles. The minimum absolute atomic E-state index is 0.729. The highest BCUT2D eigenvalue weighted by Crippen LogP contribution is 1.91. The number of thiol groups is 2. The van der Waals surface area contributed by atoms with Crippen LogP contribution in [-0.2, 0) is 0 Å². The maximum Gasteiger partial charge on any atom is 0.150 e. The van der Waals surface area contributed by atoms with Gasteiger partial charge in [0.05, 0.1) is 0 Å². The lowest BCUT2D eigenvalue weighted by Crippen LogP contribution is -1.73. The van der Waals surface area contributed by atoms with Crippen LogP contribution in [-0.4, -0.2) is 17.8 Å². The summed E-state index contributed by atoms with van der Waals surface area (Å²) >= 11 is 7.90. The average Bonchev–Trinajstić information content (AvgIpc) is 2.21. The summed E-state index contributed by atoms with van der Waals surface area (Å²) in [6.07, 6.45) is 1.95. The summed E-state index contributed by atoms with van der Waals surface area (Å²) in [7, 11) is 0. The van der Waals surface area contributed by atoms with E-state index in [-0.39, 0.29) is 0 Å². The van der Waals surface area contributed by atoms with Crippen LogP contribution in [0.2, 0.25) is 0 Å². The van der Waals surface area contributed by atoms with Gasteiger partial charge in [0.2, 0.25) is 0 Å². The Hall–Kier alpha value is -0.410. The highest BCUT2D eigenvalue weighted by Gasteiger charge is 1.80. The van der Waals surface area contributed by atoms with E-state index in [2.05, 4.69) is 25.3 Å². The Bertz CT molecular complexity index is 209. The molecule has 0 atom stereocenters. The van der Waals surface area contributed by atoms with Gasteiger partial charge in [-0.25, -0.2) is 0 Å². The number of aldehydes is 1. The molecule has 0 aromatic heterocycles. The third-order valence-corrected chi connectivity index (χ3v) is 1.88. The van der Waals surface area contributed by atoms with Gasteiger partial charge in [-0.3, -0.25) is 4.79 Å². The maximum absolute atomic E-state index is 10.0. The Labute approximate surface area is 90.4 Å². The van der Waals surface area contributed by atoms with Gasteiger partial charge in [-0.1, -0.05) is 30.3 Å². The molecule has 0 fully saturated rings. The van der Waals surface area contributed by atoms with Crippen LogP contribution in [0.1, 0.15) is 16.8 Å². The van der Waals surface area contributed by atoms with Crippen molar-refractivity contribution in [3.05, 3.63) is 35.9 Å². The van der Waals surface area contributed by atoms with E-state index in [9.17, 15) is 4.79 Å². The molecule has 13 heavy (non-hydrogen) atoms. The topological polar surface area (TPSA) is 17.1 Å². The van der Waals surface area contributed by atoms with Crippen molar-refractivity contribution in [1.29, 1.82) is 0 Å². The first-order valence-electron chi connectivity index (χ1n) is 4.07. The molecule has 1 nitrogen and oxygen atoms in total. The van der Waals surface area contributed by atoms with Crippen LogP contribution in [0.15, 0.2) is 30.3 Å². The lowest BCUT2D eigenvalue weighted by Gasteiger charge is -1.81. The molecule has 0 bridgehead atoms. The van der Waals surface area contributed by atoms with E-state index in [0.717, 1.165) is 29.8 Å². The van der Waals surface area contributed by atoms with E-state index in [4.69, 9.17) is 0 Å². The summed E-state index contributed by atoms with van der Waals surface area (Å²) in [5, 5.41) is 0. The van der Waals surface area contributed by atoms with E-state index in [1.807, 2.05) is 18.2 Å². The van der Waals surface area contributed by atoms with Gasteiger partial charge in [0, 0.05) is 5.56 Å². The molecule has 1 aromatic rings. The second-order valence-corrected chi connectivity index (χ2v) is 3.22. The molecular weight excluding hydrogens is 200 g/mol. The number of hydrogen-bond acceptors (Lipinski definition) is 3.